The molecule has 17 heavy (non-hydrogen) atoms. The summed E-state index contributed by atoms with van der Waals surface area (Å²) in [6.07, 6.45) is 2.98. The molecule has 0 fully saturated rings. The summed E-state index contributed by atoms with van der Waals surface area (Å²) >= 11 is 0. The minimum absolute atomic E-state index is 0.111. The Hall–Kier alpha value is -2.04. The topological polar surface area (TPSA) is 34.9 Å². The van der Waals surface area contributed by atoms with Crippen molar-refractivity contribution in [1.82, 2.24) is 9.78 Å². The van der Waals surface area contributed by atoms with Crippen LogP contribution in [-0.2, 0) is 6.54 Å². The molecule has 0 aliphatic heterocycles. The summed E-state index contributed by atoms with van der Waals surface area (Å²) in [6.45, 7) is 2.53. The molecule has 0 aliphatic rings. The Bertz CT molecular complexity index is 563. The quantitative estimate of drug-likeness (QED) is 0.767. The molecule has 0 saturated heterocycles. The van der Waals surface area contributed by atoms with Gasteiger partial charge in [-0.15, -0.1) is 0 Å². The highest BCUT2D eigenvalue weighted by molar-refractivity contribution is 6.08. The summed E-state index contributed by atoms with van der Waals surface area (Å²) in [5, 5.41) is 3.95. The predicted octanol–water partition coefficient (Wildman–Crippen LogP) is 2.41. The third-order valence-corrected chi connectivity index (χ3v) is 2.40. The molecule has 0 N–H and O–H groups in total. The maximum atomic E-state index is 13.0. The van der Waals surface area contributed by atoms with Crippen molar-refractivity contribution in [3.8, 4) is 0 Å². The molecular formula is C12H10F2N2O. The number of carbonyl (C=O) groups excluding carboxylic acids is 1. The fourth-order valence-corrected chi connectivity index (χ4v) is 1.46. The number of ketones is 1. The Kier molecular flexibility index (Phi) is 2.99. The normalized spacial score (nSPS) is 10.5. The molecule has 0 atom stereocenters. The fraction of sp³-hybridized carbons (Fsp3) is 0.167. The first-order valence-corrected chi connectivity index (χ1v) is 5.14. The van der Waals surface area contributed by atoms with Crippen LogP contribution in [0.2, 0.25) is 0 Å². The van der Waals surface area contributed by atoms with E-state index in [4.69, 9.17) is 0 Å². The van der Waals surface area contributed by atoms with Crippen molar-refractivity contribution in [3.05, 3.63) is 53.4 Å². The molecule has 0 amide bonds. The van der Waals surface area contributed by atoms with Crippen molar-refractivity contribution in [2.45, 2.75) is 13.5 Å². The van der Waals surface area contributed by atoms with Crippen molar-refractivity contribution >= 4 is 5.78 Å². The van der Waals surface area contributed by atoms with Gasteiger partial charge in [-0.3, -0.25) is 9.48 Å². The molecule has 1 aromatic heterocycles. The molecular weight excluding hydrogens is 226 g/mol. The first-order valence-electron chi connectivity index (χ1n) is 5.14. The van der Waals surface area contributed by atoms with E-state index in [9.17, 15) is 13.6 Å². The van der Waals surface area contributed by atoms with Crippen molar-refractivity contribution in [1.29, 1.82) is 0 Å². The van der Waals surface area contributed by atoms with Crippen molar-refractivity contribution in [2.24, 2.45) is 0 Å². The van der Waals surface area contributed by atoms with Crippen LogP contribution in [0, 0.1) is 11.6 Å². The molecule has 2 rings (SSSR count). The van der Waals surface area contributed by atoms with E-state index in [0.717, 1.165) is 12.1 Å². The van der Waals surface area contributed by atoms with Gasteiger partial charge in [0.2, 0.25) is 0 Å². The van der Waals surface area contributed by atoms with Gasteiger partial charge >= 0.3 is 0 Å². The molecule has 0 spiro atoms. The molecule has 2 aromatic rings. The Labute approximate surface area is 96.7 Å². The van der Waals surface area contributed by atoms with E-state index in [1.165, 1.54) is 12.3 Å². The van der Waals surface area contributed by atoms with E-state index < -0.39 is 11.6 Å². The number of nitrogens with zero attached hydrogens (tertiary/aromatic N) is 2. The number of carbonyl (C=O) groups is 1. The number of halogens is 2. The second-order valence-electron chi connectivity index (χ2n) is 3.54. The zero-order chi connectivity index (χ0) is 12.4. The maximum absolute atomic E-state index is 13.0. The lowest BCUT2D eigenvalue weighted by atomic mass is 10.1. The summed E-state index contributed by atoms with van der Waals surface area (Å²) in [7, 11) is 0. The second kappa shape index (κ2) is 4.45. The molecule has 88 valence electrons. The lowest BCUT2D eigenvalue weighted by Crippen LogP contribution is -2.01. The zero-order valence-corrected chi connectivity index (χ0v) is 9.15. The van der Waals surface area contributed by atoms with E-state index in [1.807, 2.05) is 6.92 Å². The van der Waals surface area contributed by atoms with Gasteiger partial charge in [0, 0.05) is 18.3 Å². The Morgan fingerprint density at radius 2 is 2.06 bits per heavy atom. The highest BCUT2D eigenvalue weighted by Crippen LogP contribution is 2.13. The molecule has 0 bridgehead atoms. The van der Waals surface area contributed by atoms with Gasteiger partial charge in [0.1, 0.15) is 0 Å². The summed E-state index contributed by atoms with van der Waals surface area (Å²) < 4.78 is 27.3. The molecule has 0 aliphatic carbocycles. The molecule has 1 heterocycles. The molecule has 0 radical (unpaired) electrons. The van der Waals surface area contributed by atoms with Crippen molar-refractivity contribution in [2.75, 3.05) is 0 Å². The number of aryl methyl sites for hydroxylation is 1. The average molecular weight is 236 g/mol. The van der Waals surface area contributed by atoms with Crippen LogP contribution < -0.4 is 0 Å². The van der Waals surface area contributed by atoms with E-state index in [2.05, 4.69) is 5.10 Å². The largest absolute Gasteiger partial charge is 0.288 e. The SMILES string of the molecule is CCn1cc(C(=O)c2ccc(F)c(F)c2)cn1. The zero-order valence-electron chi connectivity index (χ0n) is 9.15. The van der Waals surface area contributed by atoms with Crippen LogP contribution in [0.15, 0.2) is 30.6 Å². The molecule has 3 nitrogen and oxygen atoms in total. The van der Waals surface area contributed by atoms with Crippen molar-refractivity contribution in [3.63, 3.8) is 0 Å². The molecule has 5 heteroatoms. The van der Waals surface area contributed by atoms with E-state index in [1.54, 1.807) is 10.9 Å². The summed E-state index contributed by atoms with van der Waals surface area (Å²) in [5.74, 6) is -2.37. The van der Waals surface area contributed by atoms with Crippen LogP contribution in [0.1, 0.15) is 22.8 Å². The first kappa shape index (κ1) is 11.4. The maximum Gasteiger partial charge on any atom is 0.196 e. The van der Waals surface area contributed by atoms with Crippen LogP contribution in [0.4, 0.5) is 8.78 Å². The summed E-state index contributed by atoms with van der Waals surface area (Å²) in [6, 6.07) is 3.08. The van der Waals surface area contributed by atoms with Crippen LogP contribution in [0.25, 0.3) is 0 Å². The van der Waals surface area contributed by atoms with E-state index in [-0.39, 0.29) is 11.3 Å². The number of hydrogen-bond donors (Lipinski definition) is 0. The minimum atomic E-state index is -1.03. The molecule has 0 unspecified atom stereocenters. The van der Waals surface area contributed by atoms with Gasteiger partial charge in [-0.1, -0.05) is 0 Å². The Morgan fingerprint density at radius 3 is 2.65 bits per heavy atom. The Balaban J connectivity index is 2.33. The lowest BCUT2D eigenvalue weighted by molar-refractivity contribution is 0.103. The third kappa shape index (κ3) is 2.22. The smallest absolute Gasteiger partial charge is 0.196 e. The number of rotatable bonds is 3. The van der Waals surface area contributed by atoms with Crippen LogP contribution >= 0.6 is 0 Å². The van der Waals surface area contributed by atoms with E-state index >= 15 is 0 Å². The van der Waals surface area contributed by atoms with Crippen LogP contribution in [0.3, 0.4) is 0 Å². The molecule has 1 aromatic carbocycles. The molecule has 0 saturated carbocycles. The number of benzene rings is 1. The van der Waals surface area contributed by atoms with Gasteiger partial charge in [-0.25, -0.2) is 8.78 Å². The third-order valence-electron chi connectivity index (χ3n) is 2.40. The first-order chi connectivity index (χ1) is 8.11. The second-order valence-corrected chi connectivity index (χ2v) is 3.54. The highest BCUT2D eigenvalue weighted by atomic mass is 19.2. The number of hydrogen-bond acceptors (Lipinski definition) is 2. The highest BCUT2D eigenvalue weighted by Gasteiger charge is 2.13. The summed E-state index contributed by atoms with van der Waals surface area (Å²) in [4.78, 5) is 11.9. The monoisotopic (exact) mass is 236 g/mol. The fourth-order valence-electron chi connectivity index (χ4n) is 1.46. The van der Waals surface area contributed by atoms with Crippen LogP contribution in [-0.4, -0.2) is 15.6 Å². The standard InChI is InChI=1S/C12H10F2N2O/c1-2-16-7-9(6-15-16)12(17)8-3-4-10(13)11(14)5-8/h3-7H,2H2,1H3. The van der Waals surface area contributed by atoms with E-state index in [0.29, 0.717) is 12.1 Å². The minimum Gasteiger partial charge on any atom is -0.288 e. The van der Waals surface area contributed by atoms with Gasteiger partial charge in [0.05, 0.1) is 11.8 Å². The summed E-state index contributed by atoms with van der Waals surface area (Å²) in [5.41, 5.74) is 0.470. The Morgan fingerprint density at radius 1 is 1.29 bits per heavy atom. The van der Waals surface area contributed by atoms with Gasteiger partial charge in [-0.05, 0) is 25.1 Å². The van der Waals surface area contributed by atoms with Crippen molar-refractivity contribution < 1.29 is 13.6 Å². The predicted molar refractivity (Wildman–Crippen MR) is 57.7 cm³/mol. The van der Waals surface area contributed by atoms with Gasteiger partial charge in [0.15, 0.2) is 17.4 Å². The van der Waals surface area contributed by atoms with Gasteiger partial charge < -0.3 is 0 Å². The van der Waals surface area contributed by atoms with Crippen LogP contribution in [0.5, 0.6) is 0 Å². The number of aromatic nitrogens is 2. The van der Waals surface area contributed by atoms with Gasteiger partial charge in [0.25, 0.3) is 0 Å². The van der Waals surface area contributed by atoms with Gasteiger partial charge in [-0.2, -0.15) is 5.10 Å². The lowest BCUT2D eigenvalue weighted by Gasteiger charge is -1.99. The average Bonchev–Trinajstić information content (AvgIpc) is 2.80.